The molecule has 0 bridgehead atoms. The maximum absolute atomic E-state index is 13.0. The Morgan fingerprint density at radius 2 is 1.12 bits per heavy atom. The zero-order valence-electron chi connectivity index (χ0n) is 14.2. The van der Waals surface area contributed by atoms with Gasteiger partial charge in [-0.2, -0.15) is 0 Å². The second kappa shape index (κ2) is 7.66. The molecular formula is C22H22O2S. The van der Waals surface area contributed by atoms with Crippen LogP contribution in [-0.4, -0.2) is 14.2 Å². The van der Waals surface area contributed by atoms with Crippen LogP contribution in [0, 0.1) is 0 Å². The first-order valence-electron chi connectivity index (χ1n) is 8.45. The molecule has 0 fully saturated rings. The maximum Gasteiger partial charge on any atom is 0.178 e. The highest BCUT2D eigenvalue weighted by Gasteiger charge is 2.27. The molecule has 0 radical (unpaired) electrons. The maximum atomic E-state index is 13.0. The van der Waals surface area contributed by atoms with E-state index in [-0.39, 0.29) is 17.6 Å². The molecule has 0 unspecified atom stereocenters. The van der Waals surface area contributed by atoms with Crippen LogP contribution in [0.1, 0.15) is 29.9 Å². The van der Waals surface area contributed by atoms with E-state index in [1.807, 2.05) is 54.6 Å². The predicted molar refractivity (Wildman–Crippen MR) is 103 cm³/mol. The standard InChI is InChI=1S/C22H22O2S/c1-18(19-11-5-2-6-12-19)22(20-13-7-3-8-14-20)17-25(23,24)21-15-9-4-10-16-21/h2-16,18,22H,17H2,1H3/t18-,22-/m1/s1. The molecule has 0 N–H and O–H groups in total. The van der Waals surface area contributed by atoms with E-state index in [0.29, 0.717) is 4.90 Å². The lowest BCUT2D eigenvalue weighted by molar-refractivity contribution is 0.568. The molecular weight excluding hydrogens is 328 g/mol. The molecule has 0 aliphatic carbocycles. The van der Waals surface area contributed by atoms with E-state index in [9.17, 15) is 8.42 Å². The lowest BCUT2D eigenvalue weighted by atomic mass is 9.84. The normalized spacial score (nSPS) is 14.0. The average Bonchev–Trinajstić information content (AvgIpc) is 2.68. The SMILES string of the molecule is C[C@H](c1ccccc1)[C@@H](CS(=O)(=O)c1ccccc1)c1ccccc1. The van der Waals surface area contributed by atoms with Gasteiger partial charge in [-0.25, -0.2) is 8.42 Å². The molecule has 3 aromatic carbocycles. The molecule has 3 aromatic rings. The Morgan fingerprint density at radius 3 is 1.64 bits per heavy atom. The number of hydrogen-bond acceptors (Lipinski definition) is 2. The molecule has 3 heteroatoms. The molecule has 0 aliphatic rings. The van der Waals surface area contributed by atoms with Crippen molar-refractivity contribution in [2.24, 2.45) is 0 Å². The molecule has 0 saturated heterocycles. The highest BCUT2D eigenvalue weighted by atomic mass is 32.2. The number of rotatable bonds is 6. The van der Waals surface area contributed by atoms with E-state index in [0.717, 1.165) is 11.1 Å². The van der Waals surface area contributed by atoms with Crippen LogP contribution < -0.4 is 0 Å². The van der Waals surface area contributed by atoms with E-state index in [2.05, 4.69) is 19.1 Å². The van der Waals surface area contributed by atoms with Crippen LogP contribution in [0.3, 0.4) is 0 Å². The van der Waals surface area contributed by atoms with Crippen molar-refractivity contribution in [2.75, 3.05) is 5.75 Å². The summed E-state index contributed by atoms with van der Waals surface area (Å²) in [7, 11) is -3.36. The Balaban J connectivity index is 1.98. The van der Waals surface area contributed by atoms with E-state index >= 15 is 0 Å². The Bertz CT molecular complexity index is 889. The van der Waals surface area contributed by atoms with Crippen molar-refractivity contribution < 1.29 is 8.42 Å². The van der Waals surface area contributed by atoms with Crippen molar-refractivity contribution in [3.05, 3.63) is 102 Å². The van der Waals surface area contributed by atoms with Crippen LogP contribution in [0.4, 0.5) is 0 Å². The van der Waals surface area contributed by atoms with Gasteiger partial charge in [0, 0.05) is 5.92 Å². The Hall–Kier alpha value is -2.39. The van der Waals surface area contributed by atoms with E-state index in [4.69, 9.17) is 0 Å². The van der Waals surface area contributed by atoms with Crippen molar-refractivity contribution in [3.8, 4) is 0 Å². The summed E-state index contributed by atoms with van der Waals surface area (Å²) in [5, 5.41) is 0. The average molecular weight is 350 g/mol. The monoisotopic (exact) mass is 350 g/mol. The molecule has 0 spiro atoms. The first-order valence-corrected chi connectivity index (χ1v) is 10.1. The zero-order valence-corrected chi connectivity index (χ0v) is 15.1. The fraction of sp³-hybridized carbons (Fsp3) is 0.182. The van der Waals surface area contributed by atoms with Crippen molar-refractivity contribution in [3.63, 3.8) is 0 Å². The molecule has 128 valence electrons. The molecule has 0 aromatic heterocycles. The van der Waals surface area contributed by atoms with Crippen LogP contribution in [-0.2, 0) is 9.84 Å². The highest BCUT2D eigenvalue weighted by molar-refractivity contribution is 7.91. The molecule has 25 heavy (non-hydrogen) atoms. The summed E-state index contributed by atoms with van der Waals surface area (Å²) in [5.41, 5.74) is 2.21. The third-order valence-corrected chi connectivity index (χ3v) is 6.45. The number of hydrogen-bond donors (Lipinski definition) is 0. The topological polar surface area (TPSA) is 34.1 Å². The molecule has 0 amide bonds. The van der Waals surface area contributed by atoms with Crippen molar-refractivity contribution >= 4 is 9.84 Å². The van der Waals surface area contributed by atoms with Gasteiger partial charge in [0.05, 0.1) is 10.6 Å². The quantitative estimate of drug-likeness (QED) is 0.623. The Morgan fingerprint density at radius 1 is 0.680 bits per heavy atom. The second-order valence-electron chi connectivity index (χ2n) is 6.31. The molecule has 2 atom stereocenters. The van der Waals surface area contributed by atoms with Gasteiger partial charge in [-0.05, 0) is 29.2 Å². The predicted octanol–water partition coefficient (Wildman–Crippen LogP) is 5.05. The minimum atomic E-state index is -3.36. The van der Waals surface area contributed by atoms with Gasteiger partial charge in [-0.1, -0.05) is 85.8 Å². The van der Waals surface area contributed by atoms with Gasteiger partial charge in [0.25, 0.3) is 0 Å². The van der Waals surface area contributed by atoms with Crippen LogP contribution in [0.25, 0.3) is 0 Å². The van der Waals surface area contributed by atoms with Gasteiger partial charge in [0.15, 0.2) is 9.84 Å². The zero-order chi connectivity index (χ0) is 17.7. The fourth-order valence-corrected chi connectivity index (χ4v) is 4.90. The van der Waals surface area contributed by atoms with Crippen molar-refractivity contribution in [2.45, 2.75) is 23.7 Å². The summed E-state index contributed by atoms with van der Waals surface area (Å²) < 4.78 is 25.9. The summed E-state index contributed by atoms with van der Waals surface area (Å²) >= 11 is 0. The fourth-order valence-electron chi connectivity index (χ4n) is 3.18. The van der Waals surface area contributed by atoms with Gasteiger partial charge < -0.3 is 0 Å². The van der Waals surface area contributed by atoms with Gasteiger partial charge in [0.2, 0.25) is 0 Å². The molecule has 3 rings (SSSR count). The molecule has 2 nitrogen and oxygen atoms in total. The Kier molecular flexibility index (Phi) is 5.34. The van der Waals surface area contributed by atoms with Crippen LogP contribution in [0.5, 0.6) is 0 Å². The summed E-state index contributed by atoms with van der Waals surface area (Å²) in [6, 6.07) is 28.8. The van der Waals surface area contributed by atoms with E-state index in [1.165, 1.54) is 0 Å². The number of sulfone groups is 1. The minimum absolute atomic E-state index is 0.0943. The van der Waals surface area contributed by atoms with Gasteiger partial charge in [-0.3, -0.25) is 0 Å². The highest BCUT2D eigenvalue weighted by Crippen LogP contribution is 2.35. The van der Waals surface area contributed by atoms with E-state index < -0.39 is 9.84 Å². The van der Waals surface area contributed by atoms with Gasteiger partial charge >= 0.3 is 0 Å². The molecule has 0 saturated carbocycles. The second-order valence-corrected chi connectivity index (χ2v) is 8.35. The van der Waals surface area contributed by atoms with Crippen LogP contribution >= 0.6 is 0 Å². The molecule has 0 heterocycles. The van der Waals surface area contributed by atoms with Crippen LogP contribution in [0.2, 0.25) is 0 Å². The summed E-state index contributed by atoms with van der Waals surface area (Å²) in [6.45, 7) is 2.10. The smallest absolute Gasteiger partial charge is 0.178 e. The van der Waals surface area contributed by atoms with Gasteiger partial charge in [0.1, 0.15) is 0 Å². The van der Waals surface area contributed by atoms with Crippen LogP contribution in [0.15, 0.2) is 95.9 Å². The summed E-state index contributed by atoms with van der Waals surface area (Å²) in [6.07, 6.45) is 0. The third-order valence-electron chi connectivity index (χ3n) is 4.66. The van der Waals surface area contributed by atoms with Gasteiger partial charge in [-0.15, -0.1) is 0 Å². The first-order chi connectivity index (χ1) is 12.1. The lowest BCUT2D eigenvalue weighted by Gasteiger charge is -2.25. The largest absolute Gasteiger partial charge is 0.224 e. The van der Waals surface area contributed by atoms with Crippen molar-refractivity contribution in [1.29, 1.82) is 0 Å². The number of benzene rings is 3. The Labute approximate surface area is 150 Å². The third kappa shape index (κ3) is 4.18. The molecule has 0 aliphatic heterocycles. The first kappa shape index (κ1) is 17.4. The minimum Gasteiger partial charge on any atom is -0.224 e. The van der Waals surface area contributed by atoms with Crippen molar-refractivity contribution in [1.82, 2.24) is 0 Å². The summed E-state index contributed by atoms with van der Waals surface area (Å²) in [5.74, 6) is 0.0905. The lowest BCUT2D eigenvalue weighted by Crippen LogP contribution is -2.20. The summed E-state index contributed by atoms with van der Waals surface area (Å²) in [4.78, 5) is 0.385. The van der Waals surface area contributed by atoms with E-state index in [1.54, 1.807) is 24.3 Å².